The lowest BCUT2D eigenvalue weighted by molar-refractivity contribution is -0.123. The normalized spacial score (nSPS) is 15.1. The molecule has 1 aliphatic rings. The number of amides is 1. The molecule has 110 valence electrons. The van der Waals surface area contributed by atoms with E-state index in [9.17, 15) is 4.79 Å². The van der Waals surface area contributed by atoms with Crippen LogP contribution in [0.5, 0.6) is 11.5 Å². The first kappa shape index (κ1) is 14.7. The molecule has 0 radical (unpaired) electrons. The molecule has 1 amide bonds. The Hall–Kier alpha value is -1.71. The van der Waals surface area contributed by atoms with Crippen LogP contribution in [0.3, 0.4) is 0 Å². The molecule has 0 bridgehead atoms. The first-order valence-electron chi connectivity index (χ1n) is 7.43. The molecule has 20 heavy (non-hydrogen) atoms. The quantitative estimate of drug-likeness (QED) is 0.833. The van der Waals surface area contributed by atoms with E-state index in [4.69, 9.17) is 9.47 Å². The Balaban J connectivity index is 1.81. The fourth-order valence-corrected chi connectivity index (χ4v) is 2.38. The number of rotatable bonds is 7. The number of hydrogen-bond donors (Lipinski definition) is 1. The lowest BCUT2D eigenvalue weighted by Gasteiger charge is -2.14. The van der Waals surface area contributed by atoms with Gasteiger partial charge in [-0.25, -0.2) is 0 Å². The topological polar surface area (TPSA) is 47.6 Å². The molecule has 0 atom stereocenters. The summed E-state index contributed by atoms with van der Waals surface area (Å²) in [5.74, 6) is 1.27. The van der Waals surface area contributed by atoms with E-state index in [2.05, 4.69) is 12.2 Å². The minimum absolute atomic E-state index is 0.0446. The first-order chi connectivity index (χ1) is 9.79. The zero-order valence-electron chi connectivity index (χ0n) is 12.1. The van der Waals surface area contributed by atoms with Gasteiger partial charge in [-0.1, -0.05) is 31.9 Å². The Kier molecular flexibility index (Phi) is 5.71. The third-order valence-electron chi connectivity index (χ3n) is 3.39. The van der Waals surface area contributed by atoms with Crippen LogP contribution in [0, 0.1) is 0 Å². The molecule has 1 aromatic rings. The fraction of sp³-hybridized carbons (Fsp3) is 0.562. The van der Waals surface area contributed by atoms with E-state index in [-0.39, 0.29) is 12.5 Å². The van der Waals surface area contributed by atoms with Gasteiger partial charge in [0, 0.05) is 6.04 Å². The molecule has 4 nitrogen and oxygen atoms in total. The molecule has 0 aliphatic heterocycles. The summed E-state index contributed by atoms with van der Waals surface area (Å²) in [6, 6.07) is 7.80. The summed E-state index contributed by atoms with van der Waals surface area (Å²) in [7, 11) is 0. The van der Waals surface area contributed by atoms with Gasteiger partial charge < -0.3 is 14.8 Å². The van der Waals surface area contributed by atoms with Crippen molar-refractivity contribution in [3.63, 3.8) is 0 Å². The maximum Gasteiger partial charge on any atom is 0.258 e. The van der Waals surface area contributed by atoms with Gasteiger partial charge in [0.25, 0.3) is 5.91 Å². The molecule has 1 N–H and O–H groups in total. The minimum atomic E-state index is -0.0535. The van der Waals surface area contributed by atoms with Crippen LogP contribution in [-0.2, 0) is 4.79 Å². The highest BCUT2D eigenvalue weighted by molar-refractivity contribution is 5.78. The van der Waals surface area contributed by atoms with Crippen LogP contribution < -0.4 is 14.8 Å². The van der Waals surface area contributed by atoms with Gasteiger partial charge in [-0.3, -0.25) is 4.79 Å². The zero-order chi connectivity index (χ0) is 14.2. The molecular formula is C16H23NO3. The van der Waals surface area contributed by atoms with E-state index in [0.717, 1.165) is 19.3 Å². The number of hydrogen-bond acceptors (Lipinski definition) is 3. The molecule has 1 aliphatic carbocycles. The summed E-state index contributed by atoms with van der Waals surface area (Å²) < 4.78 is 11.2. The molecule has 0 saturated heterocycles. The standard InChI is InChI=1S/C16H23NO3/c1-2-11-19-14-9-5-6-10-15(14)20-12-16(18)17-13-7-3-4-8-13/h5-6,9-10,13H,2-4,7-8,11-12H2,1H3,(H,17,18). The highest BCUT2D eigenvalue weighted by Crippen LogP contribution is 2.26. The van der Waals surface area contributed by atoms with Gasteiger partial charge in [0.2, 0.25) is 0 Å². The third-order valence-corrected chi connectivity index (χ3v) is 3.39. The Labute approximate surface area is 120 Å². The van der Waals surface area contributed by atoms with Crippen LogP contribution in [0.25, 0.3) is 0 Å². The van der Waals surface area contributed by atoms with E-state index >= 15 is 0 Å². The van der Waals surface area contributed by atoms with Crippen LogP contribution in [0.15, 0.2) is 24.3 Å². The smallest absolute Gasteiger partial charge is 0.258 e. The average molecular weight is 277 g/mol. The highest BCUT2D eigenvalue weighted by atomic mass is 16.5. The van der Waals surface area contributed by atoms with E-state index in [0.29, 0.717) is 24.1 Å². The molecule has 0 heterocycles. The van der Waals surface area contributed by atoms with Crippen molar-refractivity contribution in [3.05, 3.63) is 24.3 Å². The predicted octanol–water partition coefficient (Wildman–Crippen LogP) is 2.91. The Morgan fingerprint density at radius 1 is 1.20 bits per heavy atom. The van der Waals surface area contributed by atoms with Gasteiger partial charge in [0.05, 0.1) is 6.61 Å². The van der Waals surface area contributed by atoms with Crippen LogP contribution in [-0.4, -0.2) is 25.2 Å². The molecule has 4 heteroatoms. The lowest BCUT2D eigenvalue weighted by Crippen LogP contribution is -2.36. The molecule has 1 saturated carbocycles. The lowest BCUT2D eigenvalue weighted by atomic mass is 10.2. The molecule has 0 unspecified atom stereocenters. The molecule has 0 spiro atoms. The van der Waals surface area contributed by atoms with Crippen LogP contribution in [0.4, 0.5) is 0 Å². The van der Waals surface area contributed by atoms with Crippen molar-refractivity contribution in [1.82, 2.24) is 5.32 Å². The Bertz CT molecular complexity index is 427. The summed E-state index contributed by atoms with van der Waals surface area (Å²) in [6.45, 7) is 2.75. The van der Waals surface area contributed by atoms with E-state index in [1.54, 1.807) is 0 Å². The third kappa shape index (κ3) is 4.44. The van der Waals surface area contributed by atoms with Gasteiger partial charge >= 0.3 is 0 Å². The van der Waals surface area contributed by atoms with Gasteiger partial charge in [-0.2, -0.15) is 0 Å². The molecule has 2 rings (SSSR count). The number of carbonyl (C=O) groups excluding carboxylic acids is 1. The number of ether oxygens (including phenoxy) is 2. The maximum atomic E-state index is 11.8. The summed E-state index contributed by atoms with van der Waals surface area (Å²) in [6.07, 6.45) is 5.53. The molecular weight excluding hydrogens is 254 g/mol. The van der Waals surface area contributed by atoms with Gasteiger partial charge in [-0.05, 0) is 31.4 Å². The molecule has 1 fully saturated rings. The average Bonchev–Trinajstić information content (AvgIpc) is 2.96. The van der Waals surface area contributed by atoms with E-state index in [1.165, 1.54) is 12.8 Å². The number of benzene rings is 1. The number of carbonyl (C=O) groups is 1. The minimum Gasteiger partial charge on any atom is -0.490 e. The van der Waals surface area contributed by atoms with Crippen LogP contribution in [0.1, 0.15) is 39.0 Å². The fourth-order valence-electron chi connectivity index (χ4n) is 2.38. The second kappa shape index (κ2) is 7.78. The second-order valence-corrected chi connectivity index (χ2v) is 5.13. The van der Waals surface area contributed by atoms with E-state index < -0.39 is 0 Å². The van der Waals surface area contributed by atoms with Crippen molar-refractivity contribution < 1.29 is 14.3 Å². The van der Waals surface area contributed by atoms with Crippen molar-refractivity contribution in [2.24, 2.45) is 0 Å². The van der Waals surface area contributed by atoms with Crippen molar-refractivity contribution in [2.45, 2.75) is 45.1 Å². The number of nitrogens with one attached hydrogen (secondary N) is 1. The highest BCUT2D eigenvalue weighted by Gasteiger charge is 2.17. The Morgan fingerprint density at radius 2 is 1.85 bits per heavy atom. The summed E-state index contributed by atoms with van der Waals surface area (Å²) in [5, 5.41) is 3.01. The SMILES string of the molecule is CCCOc1ccccc1OCC(=O)NC1CCCC1. The van der Waals surface area contributed by atoms with Crippen molar-refractivity contribution in [1.29, 1.82) is 0 Å². The zero-order valence-corrected chi connectivity index (χ0v) is 12.1. The Morgan fingerprint density at radius 3 is 2.50 bits per heavy atom. The maximum absolute atomic E-state index is 11.8. The van der Waals surface area contributed by atoms with Crippen LogP contribution in [0.2, 0.25) is 0 Å². The summed E-state index contributed by atoms with van der Waals surface area (Å²) in [4.78, 5) is 11.8. The summed E-state index contributed by atoms with van der Waals surface area (Å²) >= 11 is 0. The largest absolute Gasteiger partial charge is 0.490 e. The van der Waals surface area contributed by atoms with E-state index in [1.807, 2.05) is 24.3 Å². The van der Waals surface area contributed by atoms with Crippen molar-refractivity contribution in [2.75, 3.05) is 13.2 Å². The van der Waals surface area contributed by atoms with Crippen molar-refractivity contribution >= 4 is 5.91 Å². The second-order valence-electron chi connectivity index (χ2n) is 5.13. The van der Waals surface area contributed by atoms with Gasteiger partial charge in [0.1, 0.15) is 0 Å². The van der Waals surface area contributed by atoms with Crippen LogP contribution >= 0.6 is 0 Å². The van der Waals surface area contributed by atoms with Gasteiger partial charge in [0.15, 0.2) is 18.1 Å². The molecule has 1 aromatic carbocycles. The first-order valence-corrected chi connectivity index (χ1v) is 7.43. The molecule has 0 aromatic heterocycles. The summed E-state index contributed by atoms with van der Waals surface area (Å²) in [5.41, 5.74) is 0. The van der Waals surface area contributed by atoms with Gasteiger partial charge in [-0.15, -0.1) is 0 Å². The number of para-hydroxylation sites is 2. The van der Waals surface area contributed by atoms with Crippen molar-refractivity contribution in [3.8, 4) is 11.5 Å². The predicted molar refractivity (Wildman–Crippen MR) is 78.1 cm³/mol. The monoisotopic (exact) mass is 277 g/mol.